The lowest BCUT2D eigenvalue weighted by molar-refractivity contribution is 0.251. The van der Waals surface area contributed by atoms with E-state index in [0.717, 1.165) is 11.4 Å². The number of carbonyl (C=O) groups excluding carboxylic acids is 1. The van der Waals surface area contributed by atoms with Crippen LogP contribution in [0.25, 0.3) is 11.4 Å². The number of pyridine rings is 1. The number of methoxy groups -OCH3 is 1. The highest BCUT2D eigenvalue weighted by Crippen LogP contribution is 2.22. The largest absolute Gasteiger partial charge is 0.495 e. The monoisotopic (exact) mass is 337 g/mol. The molecule has 0 bridgehead atoms. The molecule has 0 spiro atoms. The molecule has 2 amide bonds. The number of anilines is 1. The SMILES string of the molecule is COc1ccccc1NC(=O)NCCn1ccc(-c2ccccn2)n1. The Kier molecular flexibility index (Phi) is 5.26. The fraction of sp³-hybridized carbons (Fsp3) is 0.167. The first-order chi connectivity index (χ1) is 12.3. The van der Waals surface area contributed by atoms with E-state index >= 15 is 0 Å². The Labute approximate surface area is 145 Å². The van der Waals surface area contributed by atoms with Gasteiger partial charge in [-0.2, -0.15) is 5.10 Å². The lowest BCUT2D eigenvalue weighted by Crippen LogP contribution is -2.31. The Bertz CT molecular complexity index is 832. The summed E-state index contributed by atoms with van der Waals surface area (Å²) < 4.78 is 6.97. The molecule has 0 saturated carbocycles. The molecule has 25 heavy (non-hydrogen) atoms. The molecule has 0 fully saturated rings. The van der Waals surface area contributed by atoms with Crippen LogP contribution in [0.3, 0.4) is 0 Å². The molecule has 7 heteroatoms. The first kappa shape index (κ1) is 16.5. The van der Waals surface area contributed by atoms with Crippen molar-refractivity contribution in [3.05, 3.63) is 60.9 Å². The van der Waals surface area contributed by atoms with Crippen LogP contribution in [0.4, 0.5) is 10.5 Å². The summed E-state index contributed by atoms with van der Waals surface area (Å²) in [7, 11) is 1.56. The second-order valence-electron chi connectivity index (χ2n) is 5.26. The standard InChI is InChI=1S/C18H19N5O2/c1-25-17-8-3-2-7-16(17)21-18(24)20-11-13-23-12-9-15(22-23)14-6-4-5-10-19-14/h2-10,12H,11,13H2,1H3,(H2,20,21,24). The Morgan fingerprint density at radius 1 is 1.12 bits per heavy atom. The number of nitrogens with one attached hydrogen (secondary N) is 2. The number of hydrogen-bond donors (Lipinski definition) is 2. The summed E-state index contributed by atoms with van der Waals surface area (Å²) in [6, 6.07) is 14.6. The minimum absolute atomic E-state index is 0.290. The van der Waals surface area contributed by atoms with Crippen LogP contribution in [0.1, 0.15) is 0 Å². The first-order valence-electron chi connectivity index (χ1n) is 7.89. The van der Waals surface area contributed by atoms with Crippen molar-refractivity contribution in [3.63, 3.8) is 0 Å². The summed E-state index contributed by atoms with van der Waals surface area (Å²) in [5.41, 5.74) is 2.25. The molecule has 0 atom stereocenters. The fourth-order valence-electron chi connectivity index (χ4n) is 2.34. The zero-order valence-corrected chi connectivity index (χ0v) is 13.8. The maximum Gasteiger partial charge on any atom is 0.319 e. The maximum absolute atomic E-state index is 12.0. The molecule has 7 nitrogen and oxygen atoms in total. The number of amides is 2. The summed E-state index contributed by atoms with van der Waals surface area (Å²) >= 11 is 0. The molecule has 0 unspecified atom stereocenters. The van der Waals surface area contributed by atoms with Crippen LogP contribution in [0.5, 0.6) is 5.75 Å². The lowest BCUT2D eigenvalue weighted by atomic mass is 10.3. The molecule has 3 rings (SSSR count). The molecule has 0 aliphatic heterocycles. The van der Waals surface area contributed by atoms with Crippen molar-refractivity contribution in [3.8, 4) is 17.1 Å². The molecule has 128 valence electrons. The van der Waals surface area contributed by atoms with E-state index in [-0.39, 0.29) is 6.03 Å². The summed E-state index contributed by atoms with van der Waals surface area (Å²) in [6.45, 7) is 1.01. The van der Waals surface area contributed by atoms with E-state index < -0.39 is 0 Å². The van der Waals surface area contributed by atoms with Crippen molar-refractivity contribution in [2.75, 3.05) is 19.0 Å². The molecule has 2 N–H and O–H groups in total. The summed E-state index contributed by atoms with van der Waals surface area (Å²) in [5, 5.41) is 10.0. The molecule has 0 aliphatic rings. The number of hydrogen-bond acceptors (Lipinski definition) is 4. The average molecular weight is 337 g/mol. The molecule has 2 aromatic heterocycles. The average Bonchev–Trinajstić information content (AvgIpc) is 3.12. The second kappa shape index (κ2) is 7.96. The summed E-state index contributed by atoms with van der Waals surface area (Å²) in [6.07, 6.45) is 3.60. The van der Waals surface area contributed by atoms with Gasteiger partial charge in [0.15, 0.2) is 0 Å². The van der Waals surface area contributed by atoms with Crippen molar-refractivity contribution >= 4 is 11.7 Å². The van der Waals surface area contributed by atoms with E-state index in [2.05, 4.69) is 20.7 Å². The predicted molar refractivity (Wildman–Crippen MR) is 95.5 cm³/mol. The van der Waals surface area contributed by atoms with Gasteiger partial charge in [-0.1, -0.05) is 18.2 Å². The number of nitrogens with zero attached hydrogens (tertiary/aromatic N) is 3. The highest BCUT2D eigenvalue weighted by atomic mass is 16.5. The zero-order chi connectivity index (χ0) is 17.5. The second-order valence-corrected chi connectivity index (χ2v) is 5.26. The van der Waals surface area contributed by atoms with Gasteiger partial charge in [0.1, 0.15) is 11.4 Å². The van der Waals surface area contributed by atoms with Gasteiger partial charge in [-0.15, -0.1) is 0 Å². The highest BCUT2D eigenvalue weighted by molar-refractivity contribution is 5.90. The highest BCUT2D eigenvalue weighted by Gasteiger charge is 2.07. The first-order valence-corrected chi connectivity index (χ1v) is 7.89. The van der Waals surface area contributed by atoms with E-state index in [4.69, 9.17) is 4.74 Å². The third-order valence-corrected chi connectivity index (χ3v) is 3.55. The normalized spacial score (nSPS) is 10.3. The van der Waals surface area contributed by atoms with E-state index in [1.54, 1.807) is 30.1 Å². The van der Waals surface area contributed by atoms with Gasteiger partial charge in [0, 0.05) is 18.9 Å². The Morgan fingerprint density at radius 3 is 2.76 bits per heavy atom. The quantitative estimate of drug-likeness (QED) is 0.725. The van der Waals surface area contributed by atoms with Crippen LogP contribution < -0.4 is 15.4 Å². The van der Waals surface area contributed by atoms with Gasteiger partial charge in [-0.05, 0) is 30.3 Å². The van der Waals surface area contributed by atoms with E-state index in [0.29, 0.717) is 24.5 Å². The van der Waals surface area contributed by atoms with Crippen LogP contribution in [0.2, 0.25) is 0 Å². The Balaban J connectivity index is 1.50. The molecular weight excluding hydrogens is 318 g/mol. The van der Waals surface area contributed by atoms with Crippen LogP contribution >= 0.6 is 0 Å². The van der Waals surface area contributed by atoms with Gasteiger partial charge in [0.2, 0.25) is 0 Å². The molecule has 2 heterocycles. The molecule has 0 saturated heterocycles. The Morgan fingerprint density at radius 2 is 1.96 bits per heavy atom. The lowest BCUT2D eigenvalue weighted by Gasteiger charge is -2.10. The van der Waals surface area contributed by atoms with Gasteiger partial charge in [-0.3, -0.25) is 9.67 Å². The third-order valence-electron chi connectivity index (χ3n) is 3.55. The third kappa shape index (κ3) is 4.35. The van der Waals surface area contributed by atoms with Gasteiger partial charge in [-0.25, -0.2) is 4.79 Å². The van der Waals surface area contributed by atoms with Gasteiger partial charge in [0.05, 0.1) is 25.0 Å². The molecule has 0 radical (unpaired) electrons. The molecule has 0 aliphatic carbocycles. The van der Waals surface area contributed by atoms with Crippen LogP contribution in [-0.2, 0) is 6.54 Å². The van der Waals surface area contributed by atoms with Crippen LogP contribution in [0, 0.1) is 0 Å². The fourth-order valence-corrected chi connectivity index (χ4v) is 2.34. The van der Waals surface area contributed by atoms with Crippen molar-refractivity contribution in [2.24, 2.45) is 0 Å². The van der Waals surface area contributed by atoms with Crippen molar-refractivity contribution in [1.82, 2.24) is 20.1 Å². The van der Waals surface area contributed by atoms with Crippen LogP contribution in [0.15, 0.2) is 60.9 Å². The Hall–Kier alpha value is -3.35. The summed E-state index contributed by atoms with van der Waals surface area (Å²) in [5.74, 6) is 0.615. The van der Waals surface area contributed by atoms with Crippen molar-refractivity contribution in [1.29, 1.82) is 0 Å². The topological polar surface area (TPSA) is 81.1 Å². The maximum atomic E-state index is 12.0. The molecular formula is C18H19N5O2. The number of aromatic nitrogens is 3. The smallest absolute Gasteiger partial charge is 0.319 e. The number of ether oxygens (including phenoxy) is 1. The zero-order valence-electron chi connectivity index (χ0n) is 13.8. The predicted octanol–water partition coefficient (Wildman–Crippen LogP) is 2.78. The van der Waals surface area contributed by atoms with Crippen molar-refractivity contribution < 1.29 is 9.53 Å². The molecule has 3 aromatic rings. The van der Waals surface area contributed by atoms with E-state index in [9.17, 15) is 4.79 Å². The van der Waals surface area contributed by atoms with E-state index in [1.807, 2.05) is 42.6 Å². The van der Waals surface area contributed by atoms with E-state index in [1.165, 1.54) is 0 Å². The number of benzene rings is 1. The number of rotatable bonds is 6. The number of carbonyl (C=O) groups is 1. The van der Waals surface area contributed by atoms with Gasteiger partial charge in [0.25, 0.3) is 0 Å². The number of urea groups is 1. The number of para-hydroxylation sites is 2. The van der Waals surface area contributed by atoms with Crippen LogP contribution in [-0.4, -0.2) is 34.5 Å². The van der Waals surface area contributed by atoms with Gasteiger partial charge >= 0.3 is 6.03 Å². The summed E-state index contributed by atoms with van der Waals surface area (Å²) in [4.78, 5) is 16.2. The van der Waals surface area contributed by atoms with Crippen molar-refractivity contribution in [2.45, 2.75) is 6.54 Å². The minimum Gasteiger partial charge on any atom is -0.495 e. The van der Waals surface area contributed by atoms with Gasteiger partial charge < -0.3 is 15.4 Å². The molecule has 1 aromatic carbocycles. The minimum atomic E-state index is -0.290.